The van der Waals surface area contributed by atoms with Crippen LogP contribution < -0.4 is 10.6 Å². The molecule has 1 unspecified atom stereocenters. The van der Waals surface area contributed by atoms with E-state index in [2.05, 4.69) is 22.1 Å². The van der Waals surface area contributed by atoms with Gasteiger partial charge in [0.05, 0.1) is 0 Å². The molecule has 2 heterocycles. The lowest BCUT2D eigenvalue weighted by Crippen LogP contribution is -2.34. The van der Waals surface area contributed by atoms with Crippen molar-refractivity contribution in [1.82, 2.24) is 15.2 Å². The van der Waals surface area contributed by atoms with E-state index in [1.165, 1.54) is 0 Å². The van der Waals surface area contributed by atoms with Crippen molar-refractivity contribution in [2.45, 2.75) is 38.6 Å². The number of aliphatic hydroxyl groups excluding tert-OH is 1. The Balaban J connectivity index is 0.00000242. The lowest BCUT2D eigenvalue weighted by molar-refractivity contribution is 0.0930. The van der Waals surface area contributed by atoms with Gasteiger partial charge in [-0.1, -0.05) is 13.3 Å². The molecule has 0 aliphatic carbocycles. The third-order valence-electron chi connectivity index (χ3n) is 4.38. The molecule has 5 nitrogen and oxygen atoms in total. The first kappa shape index (κ1) is 19.0. The molecular formula is C16H28ClN3O2. The molecule has 126 valence electrons. The van der Waals surface area contributed by atoms with E-state index in [9.17, 15) is 4.79 Å². The predicted molar refractivity (Wildman–Crippen MR) is 90.6 cm³/mol. The highest BCUT2D eigenvalue weighted by molar-refractivity contribution is 5.92. The van der Waals surface area contributed by atoms with Gasteiger partial charge in [0.25, 0.3) is 5.91 Å². The number of aromatic nitrogens is 1. The zero-order valence-electron chi connectivity index (χ0n) is 13.3. The number of piperidine rings is 1. The number of amides is 1. The number of nitrogens with zero attached hydrogens (tertiary/aromatic N) is 1. The summed E-state index contributed by atoms with van der Waals surface area (Å²) in [6.45, 7) is 4.92. The number of halogens is 1. The summed E-state index contributed by atoms with van der Waals surface area (Å²) < 4.78 is 2.11. The number of hydrogen-bond donors (Lipinski definition) is 3. The molecule has 1 aliphatic rings. The van der Waals surface area contributed by atoms with Crippen LogP contribution in [0.3, 0.4) is 0 Å². The summed E-state index contributed by atoms with van der Waals surface area (Å²) in [7, 11) is 0. The van der Waals surface area contributed by atoms with Crippen molar-refractivity contribution in [2.75, 3.05) is 26.2 Å². The fraction of sp³-hybridized carbons (Fsp3) is 0.688. The first-order chi connectivity index (χ1) is 10.3. The third-order valence-corrected chi connectivity index (χ3v) is 4.38. The van der Waals surface area contributed by atoms with Crippen molar-refractivity contribution in [2.24, 2.45) is 5.92 Å². The topological polar surface area (TPSA) is 66.3 Å². The maximum absolute atomic E-state index is 12.4. The fourth-order valence-corrected chi connectivity index (χ4v) is 2.95. The number of rotatable bonds is 7. The molecule has 6 heteroatoms. The van der Waals surface area contributed by atoms with Crippen molar-refractivity contribution in [3.05, 3.63) is 24.0 Å². The Morgan fingerprint density at radius 2 is 2.23 bits per heavy atom. The number of carbonyl (C=O) groups excluding carboxylic acids is 1. The van der Waals surface area contributed by atoms with Gasteiger partial charge in [-0.25, -0.2) is 0 Å². The van der Waals surface area contributed by atoms with Crippen molar-refractivity contribution < 1.29 is 9.90 Å². The van der Waals surface area contributed by atoms with Gasteiger partial charge < -0.3 is 20.3 Å². The molecular weight excluding hydrogens is 302 g/mol. The Morgan fingerprint density at radius 3 is 2.86 bits per heavy atom. The highest BCUT2D eigenvalue weighted by Crippen LogP contribution is 2.21. The second kappa shape index (κ2) is 9.87. The summed E-state index contributed by atoms with van der Waals surface area (Å²) in [5, 5.41) is 15.4. The first-order valence-corrected chi connectivity index (χ1v) is 8.02. The van der Waals surface area contributed by atoms with E-state index in [4.69, 9.17) is 5.11 Å². The van der Waals surface area contributed by atoms with Gasteiger partial charge in [0, 0.05) is 25.4 Å². The Bertz CT molecular complexity index is 444. The number of nitrogens with one attached hydrogen (secondary N) is 2. The number of hydrogen-bond acceptors (Lipinski definition) is 3. The molecule has 0 saturated carbocycles. The Hall–Kier alpha value is -1.04. The fourth-order valence-electron chi connectivity index (χ4n) is 2.95. The van der Waals surface area contributed by atoms with Gasteiger partial charge in [0.2, 0.25) is 0 Å². The molecule has 1 atom stereocenters. The minimum atomic E-state index is -0.00470. The molecule has 0 radical (unpaired) electrons. The van der Waals surface area contributed by atoms with Crippen LogP contribution in [0.15, 0.2) is 18.3 Å². The highest BCUT2D eigenvalue weighted by atomic mass is 35.5. The Labute approximate surface area is 138 Å². The molecule has 1 aromatic heterocycles. The van der Waals surface area contributed by atoms with Crippen LogP contribution in [-0.2, 0) is 0 Å². The van der Waals surface area contributed by atoms with Crippen molar-refractivity contribution >= 4 is 18.3 Å². The summed E-state index contributed by atoms with van der Waals surface area (Å²) in [6.07, 6.45) is 5.85. The van der Waals surface area contributed by atoms with E-state index in [1.807, 2.05) is 18.3 Å². The average Bonchev–Trinajstić information content (AvgIpc) is 3.01. The van der Waals surface area contributed by atoms with E-state index in [1.54, 1.807) is 0 Å². The monoisotopic (exact) mass is 329 g/mol. The minimum absolute atomic E-state index is 0. The van der Waals surface area contributed by atoms with Crippen LogP contribution in [0.25, 0.3) is 0 Å². The minimum Gasteiger partial charge on any atom is -0.396 e. The van der Waals surface area contributed by atoms with E-state index < -0.39 is 0 Å². The van der Waals surface area contributed by atoms with Crippen LogP contribution >= 0.6 is 12.4 Å². The van der Waals surface area contributed by atoms with E-state index in [-0.39, 0.29) is 24.9 Å². The highest BCUT2D eigenvalue weighted by Gasteiger charge is 2.20. The van der Waals surface area contributed by atoms with Crippen LogP contribution in [0.1, 0.15) is 49.1 Å². The summed E-state index contributed by atoms with van der Waals surface area (Å²) in [5.74, 6) is 0.344. The van der Waals surface area contributed by atoms with Crippen LogP contribution in [-0.4, -0.2) is 41.8 Å². The molecule has 0 bridgehead atoms. The lowest BCUT2D eigenvalue weighted by Gasteiger charge is -2.26. The van der Waals surface area contributed by atoms with Crippen molar-refractivity contribution in [3.63, 3.8) is 0 Å². The van der Waals surface area contributed by atoms with Crippen molar-refractivity contribution in [1.29, 1.82) is 0 Å². The molecule has 1 amide bonds. The first-order valence-electron chi connectivity index (χ1n) is 8.02. The van der Waals surface area contributed by atoms with Crippen LogP contribution in [0.4, 0.5) is 0 Å². The summed E-state index contributed by atoms with van der Waals surface area (Å²) in [4.78, 5) is 12.4. The van der Waals surface area contributed by atoms with Crippen molar-refractivity contribution in [3.8, 4) is 0 Å². The van der Waals surface area contributed by atoms with E-state index >= 15 is 0 Å². The van der Waals surface area contributed by atoms with E-state index in [0.29, 0.717) is 18.5 Å². The maximum Gasteiger partial charge on any atom is 0.267 e. The molecule has 0 spiro atoms. The van der Waals surface area contributed by atoms with Gasteiger partial charge in [0.15, 0.2) is 0 Å². The summed E-state index contributed by atoms with van der Waals surface area (Å²) >= 11 is 0. The van der Waals surface area contributed by atoms with E-state index in [0.717, 1.165) is 44.5 Å². The molecule has 1 aliphatic heterocycles. The smallest absolute Gasteiger partial charge is 0.267 e. The van der Waals surface area contributed by atoms with Crippen LogP contribution in [0.5, 0.6) is 0 Å². The zero-order chi connectivity index (χ0) is 15.1. The summed E-state index contributed by atoms with van der Waals surface area (Å²) in [5.41, 5.74) is 0.751. The predicted octanol–water partition coefficient (Wildman–Crippen LogP) is 1.97. The lowest BCUT2D eigenvalue weighted by atomic mass is 10.0. The molecule has 1 fully saturated rings. The van der Waals surface area contributed by atoms with Crippen LogP contribution in [0.2, 0.25) is 0 Å². The SMILES string of the molecule is CCC(CCO)CNC(=O)c1cccn1C1CCNCC1.Cl. The third kappa shape index (κ3) is 5.00. The van der Waals surface area contributed by atoms with Gasteiger partial charge in [0.1, 0.15) is 5.69 Å². The number of aliphatic hydroxyl groups is 1. The van der Waals surface area contributed by atoms with Gasteiger partial charge >= 0.3 is 0 Å². The molecule has 3 N–H and O–H groups in total. The van der Waals surface area contributed by atoms with Crippen LogP contribution in [0, 0.1) is 5.92 Å². The van der Waals surface area contributed by atoms with Gasteiger partial charge in [-0.05, 0) is 50.4 Å². The molecule has 1 saturated heterocycles. The molecule has 1 aromatic rings. The molecule has 22 heavy (non-hydrogen) atoms. The number of carbonyl (C=O) groups is 1. The summed E-state index contributed by atoms with van der Waals surface area (Å²) in [6, 6.07) is 4.26. The van der Waals surface area contributed by atoms with Gasteiger partial charge in [-0.3, -0.25) is 4.79 Å². The van der Waals surface area contributed by atoms with Gasteiger partial charge in [-0.15, -0.1) is 12.4 Å². The average molecular weight is 330 g/mol. The quantitative estimate of drug-likeness (QED) is 0.716. The molecule has 0 aromatic carbocycles. The Kier molecular flexibility index (Phi) is 8.53. The second-order valence-corrected chi connectivity index (χ2v) is 5.78. The maximum atomic E-state index is 12.4. The molecule has 2 rings (SSSR count). The zero-order valence-corrected chi connectivity index (χ0v) is 14.1. The standard InChI is InChI=1S/C16H27N3O2.ClH/c1-2-13(7-11-20)12-18-16(21)15-4-3-10-19(15)14-5-8-17-9-6-14;/h3-4,10,13-14,17,20H,2,5-9,11-12H2,1H3,(H,18,21);1H. The second-order valence-electron chi connectivity index (χ2n) is 5.78. The van der Waals surface area contributed by atoms with Gasteiger partial charge in [-0.2, -0.15) is 0 Å². The largest absolute Gasteiger partial charge is 0.396 e. The Morgan fingerprint density at radius 1 is 1.50 bits per heavy atom. The normalized spacial score (nSPS) is 16.8.